The first-order chi connectivity index (χ1) is 13.0. The van der Waals surface area contributed by atoms with Gasteiger partial charge in [-0.05, 0) is 42.2 Å². The van der Waals surface area contributed by atoms with Gasteiger partial charge in [0.15, 0.2) is 6.61 Å². The minimum atomic E-state index is -0.654. The molecule has 0 saturated carbocycles. The Labute approximate surface area is 157 Å². The van der Waals surface area contributed by atoms with Gasteiger partial charge in [-0.2, -0.15) is 0 Å². The summed E-state index contributed by atoms with van der Waals surface area (Å²) in [5.74, 6) is -1.24. The van der Waals surface area contributed by atoms with E-state index >= 15 is 0 Å². The van der Waals surface area contributed by atoms with Crippen molar-refractivity contribution in [3.05, 3.63) is 42.0 Å². The summed E-state index contributed by atoms with van der Waals surface area (Å²) in [4.78, 5) is 37.9. The summed E-state index contributed by atoms with van der Waals surface area (Å²) in [5.41, 5.74) is 5.62. The minimum Gasteiger partial charge on any atom is -0.496 e. The summed E-state index contributed by atoms with van der Waals surface area (Å²) in [5, 5.41) is 1.79. The number of hydrogen-bond donors (Lipinski definition) is 1. The van der Waals surface area contributed by atoms with E-state index in [0.29, 0.717) is 18.7 Å². The van der Waals surface area contributed by atoms with Gasteiger partial charge in [0, 0.05) is 6.54 Å². The van der Waals surface area contributed by atoms with Crippen molar-refractivity contribution >= 4 is 28.6 Å². The van der Waals surface area contributed by atoms with Gasteiger partial charge in [-0.15, -0.1) is 0 Å². The van der Waals surface area contributed by atoms with Crippen molar-refractivity contribution in [1.82, 2.24) is 4.90 Å². The fourth-order valence-corrected chi connectivity index (χ4v) is 3.36. The Kier molecular flexibility index (Phi) is 5.59. The maximum atomic E-state index is 12.5. The lowest BCUT2D eigenvalue weighted by Crippen LogP contribution is -2.51. The first kappa shape index (κ1) is 18.7. The predicted octanol–water partition coefficient (Wildman–Crippen LogP) is 1.87. The van der Waals surface area contributed by atoms with E-state index in [1.165, 1.54) is 12.0 Å². The average molecular weight is 370 g/mol. The van der Waals surface area contributed by atoms with Gasteiger partial charge in [-0.25, -0.2) is 4.79 Å². The van der Waals surface area contributed by atoms with Crippen LogP contribution >= 0.6 is 0 Å². The van der Waals surface area contributed by atoms with E-state index < -0.39 is 30.4 Å². The topological polar surface area (TPSA) is 98.9 Å². The highest BCUT2D eigenvalue weighted by Crippen LogP contribution is 2.26. The third-order valence-corrected chi connectivity index (χ3v) is 4.77. The van der Waals surface area contributed by atoms with Crippen molar-refractivity contribution in [2.45, 2.75) is 25.3 Å². The minimum absolute atomic E-state index is 0.245. The smallest absolute Gasteiger partial charge is 0.342 e. The highest BCUT2D eigenvalue weighted by molar-refractivity contribution is 5.99. The van der Waals surface area contributed by atoms with Gasteiger partial charge in [-0.1, -0.05) is 24.3 Å². The number of carbonyl (C=O) groups excluding carboxylic acids is 3. The number of methoxy groups -OCH3 is 1. The summed E-state index contributed by atoms with van der Waals surface area (Å²) in [7, 11) is 1.47. The van der Waals surface area contributed by atoms with Crippen LogP contribution in [0.5, 0.6) is 5.75 Å². The SMILES string of the molecule is COc1cc2ccccc2cc1C(=O)OCC(=O)N1CCCC[C@H]1C(N)=O. The fourth-order valence-electron chi connectivity index (χ4n) is 3.36. The fraction of sp³-hybridized carbons (Fsp3) is 0.350. The zero-order valence-electron chi connectivity index (χ0n) is 15.1. The second-order valence-electron chi connectivity index (χ2n) is 6.48. The molecular weight excluding hydrogens is 348 g/mol. The lowest BCUT2D eigenvalue weighted by atomic mass is 10.0. The Bertz CT molecular complexity index is 880. The third kappa shape index (κ3) is 4.02. The first-order valence-corrected chi connectivity index (χ1v) is 8.84. The van der Waals surface area contributed by atoms with Crippen LogP contribution in [-0.2, 0) is 14.3 Å². The number of amides is 2. The Hall–Kier alpha value is -3.09. The molecule has 1 heterocycles. The zero-order valence-corrected chi connectivity index (χ0v) is 15.1. The van der Waals surface area contributed by atoms with E-state index in [2.05, 4.69) is 0 Å². The number of esters is 1. The molecule has 0 radical (unpaired) electrons. The van der Waals surface area contributed by atoms with Gasteiger partial charge in [-0.3, -0.25) is 9.59 Å². The van der Waals surface area contributed by atoms with Gasteiger partial charge in [0.05, 0.1) is 7.11 Å². The molecule has 27 heavy (non-hydrogen) atoms. The van der Waals surface area contributed by atoms with Crippen LogP contribution in [0.15, 0.2) is 36.4 Å². The Morgan fingerprint density at radius 3 is 2.52 bits per heavy atom. The molecule has 142 valence electrons. The molecule has 1 atom stereocenters. The summed E-state index contributed by atoms with van der Waals surface area (Å²) in [6, 6.07) is 10.3. The van der Waals surface area contributed by atoms with Crippen LogP contribution in [0.4, 0.5) is 0 Å². The molecule has 0 bridgehead atoms. The van der Waals surface area contributed by atoms with Gasteiger partial charge >= 0.3 is 5.97 Å². The molecule has 7 heteroatoms. The van der Waals surface area contributed by atoms with E-state index in [4.69, 9.17) is 15.2 Å². The standard InChI is InChI=1S/C20H22N2O5/c1-26-17-11-14-7-3-2-6-13(14)10-15(17)20(25)27-12-18(23)22-9-5-4-8-16(22)19(21)24/h2-3,6-7,10-11,16H,4-5,8-9,12H2,1H3,(H2,21,24)/t16-/m0/s1. The van der Waals surface area contributed by atoms with Gasteiger partial charge in [0.2, 0.25) is 5.91 Å². The van der Waals surface area contributed by atoms with Gasteiger partial charge in [0.25, 0.3) is 5.91 Å². The molecule has 1 aliphatic rings. The summed E-state index contributed by atoms with van der Waals surface area (Å²) < 4.78 is 10.5. The van der Waals surface area contributed by atoms with Gasteiger partial charge < -0.3 is 20.1 Å². The van der Waals surface area contributed by atoms with Crippen molar-refractivity contribution in [3.8, 4) is 5.75 Å². The van der Waals surface area contributed by atoms with Crippen molar-refractivity contribution in [3.63, 3.8) is 0 Å². The number of rotatable bonds is 5. The van der Waals surface area contributed by atoms with Crippen LogP contribution in [0.2, 0.25) is 0 Å². The summed E-state index contributed by atoms with van der Waals surface area (Å²) in [6.45, 7) is -0.0120. The van der Waals surface area contributed by atoms with Crippen molar-refractivity contribution < 1.29 is 23.9 Å². The van der Waals surface area contributed by atoms with Crippen LogP contribution in [-0.4, -0.2) is 49.0 Å². The third-order valence-electron chi connectivity index (χ3n) is 4.77. The van der Waals surface area contributed by atoms with E-state index in [9.17, 15) is 14.4 Å². The number of hydrogen-bond acceptors (Lipinski definition) is 5. The maximum absolute atomic E-state index is 12.5. The number of fused-ring (bicyclic) bond motifs is 1. The quantitative estimate of drug-likeness (QED) is 0.810. The molecule has 1 aliphatic heterocycles. The molecule has 1 fully saturated rings. The Morgan fingerprint density at radius 1 is 1.15 bits per heavy atom. The number of nitrogens with two attached hydrogens (primary N) is 1. The number of likely N-dealkylation sites (tertiary alicyclic amines) is 1. The van der Waals surface area contributed by atoms with Crippen molar-refractivity contribution in [1.29, 1.82) is 0 Å². The molecule has 1 saturated heterocycles. The molecule has 2 aromatic rings. The maximum Gasteiger partial charge on any atom is 0.342 e. The largest absolute Gasteiger partial charge is 0.496 e. The number of benzene rings is 2. The van der Waals surface area contributed by atoms with Crippen LogP contribution in [0.1, 0.15) is 29.6 Å². The number of carbonyl (C=O) groups is 3. The first-order valence-electron chi connectivity index (χ1n) is 8.84. The van der Waals surface area contributed by atoms with Crippen molar-refractivity contribution in [2.24, 2.45) is 5.73 Å². The highest BCUT2D eigenvalue weighted by atomic mass is 16.5. The molecule has 2 amide bonds. The van der Waals surface area contributed by atoms with E-state index in [1.807, 2.05) is 24.3 Å². The Balaban J connectivity index is 1.72. The molecule has 2 aromatic carbocycles. The zero-order chi connectivity index (χ0) is 19.4. The van der Waals surface area contributed by atoms with E-state index in [0.717, 1.165) is 23.6 Å². The summed E-state index contributed by atoms with van der Waals surface area (Å²) in [6.07, 6.45) is 2.17. The molecule has 0 aliphatic carbocycles. The van der Waals surface area contributed by atoms with Crippen LogP contribution in [0, 0.1) is 0 Å². The summed E-state index contributed by atoms with van der Waals surface area (Å²) >= 11 is 0. The molecule has 0 spiro atoms. The number of ether oxygens (including phenoxy) is 2. The predicted molar refractivity (Wildman–Crippen MR) is 99.3 cm³/mol. The highest BCUT2D eigenvalue weighted by Gasteiger charge is 2.31. The lowest BCUT2D eigenvalue weighted by Gasteiger charge is -2.33. The van der Waals surface area contributed by atoms with Crippen LogP contribution in [0.25, 0.3) is 10.8 Å². The Morgan fingerprint density at radius 2 is 1.85 bits per heavy atom. The van der Waals surface area contributed by atoms with E-state index in [-0.39, 0.29) is 5.56 Å². The monoisotopic (exact) mass is 370 g/mol. The van der Waals surface area contributed by atoms with E-state index in [1.54, 1.807) is 12.1 Å². The lowest BCUT2D eigenvalue weighted by molar-refractivity contribution is -0.143. The van der Waals surface area contributed by atoms with Crippen LogP contribution in [0.3, 0.4) is 0 Å². The molecule has 0 aromatic heterocycles. The average Bonchev–Trinajstić information content (AvgIpc) is 2.70. The number of primary amides is 1. The second-order valence-corrected chi connectivity index (χ2v) is 6.48. The van der Waals surface area contributed by atoms with Crippen LogP contribution < -0.4 is 10.5 Å². The second kappa shape index (κ2) is 8.07. The normalized spacial score (nSPS) is 16.8. The van der Waals surface area contributed by atoms with Crippen molar-refractivity contribution in [2.75, 3.05) is 20.3 Å². The van der Waals surface area contributed by atoms with Gasteiger partial charge in [0.1, 0.15) is 17.4 Å². The molecular formula is C20H22N2O5. The molecule has 3 rings (SSSR count). The molecule has 2 N–H and O–H groups in total. The number of nitrogens with zero attached hydrogens (tertiary/aromatic N) is 1. The number of piperidine rings is 1. The molecule has 0 unspecified atom stereocenters. The molecule has 7 nitrogen and oxygen atoms in total.